The number of hydrogen-bond acceptors (Lipinski definition) is 4. The highest BCUT2D eigenvalue weighted by molar-refractivity contribution is 6.43. The molecule has 0 aliphatic heterocycles. The highest BCUT2D eigenvalue weighted by Crippen LogP contribution is 2.14. The average molecular weight is 394 g/mol. The van der Waals surface area contributed by atoms with E-state index in [1.165, 1.54) is 19.1 Å². The molecule has 1 atom stereocenters. The summed E-state index contributed by atoms with van der Waals surface area (Å²) in [6, 6.07) is 15.7. The largest absolute Gasteiger partial charge is 0.354 e. The molecule has 29 heavy (non-hydrogen) atoms. The maximum atomic E-state index is 13.1. The number of benzene rings is 2. The first-order valence-electron chi connectivity index (χ1n) is 9.68. The van der Waals surface area contributed by atoms with Gasteiger partial charge in [-0.15, -0.1) is 0 Å². The van der Waals surface area contributed by atoms with E-state index in [-0.39, 0.29) is 12.1 Å². The summed E-state index contributed by atoms with van der Waals surface area (Å²) in [5.41, 5.74) is 0.929. The van der Waals surface area contributed by atoms with Gasteiger partial charge in [0, 0.05) is 18.7 Å². The number of hydrogen-bond donors (Lipinski definition) is 1. The molecule has 0 aliphatic carbocycles. The standard InChI is InChI=1S/C23H26N2O4/c1-3-4-15-24-22(28)20(17(2)26)25(16-18-11-7-5-8-12-18)23(29)21(27)19-13-9-6-10-14-19/h5-14,20H,3-4,15-16H2,1-2H3,(H,24,28). The maximum Gasteiger partial charge on any atom is 0.296 e. The topological polar surface area (TPSA) is 83.6 Å². The average Bonchev–Trinajstić information content (AvgIpc) is 2.73. The van der Waals surface area contributed by atoms with Gasteiger partial charge in [-0.05, 0) is 18.9 Å². The normalized spacial score (nSPS) is 11.4. The fraction of sp³-hybridized carbons (Fsp3) is 0.304. The van der Waals surface area contributed by atoms with E-state index < -0.39 is 29.4 Å². The monoisotopic (exact) mass is 394 g/mol. The van der Waals surface area contributed by atoms with Gasteiger partial charge in [0.25, 0.3) is 11.8 Å². The summed E-state index contributed by atoms with van der Waals surface area (Å²) in [6.45, 7) is 3.61. The van der Waals surface area contributed by atoms with Crippen LogP contribution in [0.4, 0.5) is 0 Å². The summed E-state index contributed by atoms with van der Waals surface area (Å²) in [6.07, 6.45) is 1.64. The Kier molecular flexibility index (Phi) is 8.27. The lowest BCUT2D eigenvalue weighted by Gasteiger charge is -2.29. The molecule has 0 aromatic heterocycles. The molecule has 0 saturated heterocycles. The van der Waals surface area contributed by atoms with Crippen LogP contribution in [-0.2, 0) is 20.9 Å². The number of nitrogens with one attached hydrogen (secondary N) is 1. The lowest BCUT2D eigenvalue weighted by atomic mass is 10.0. The molecule has 1 unspecified atom stereocenters. The van der Waals surface area contributed by atoms with Crippen molar-refractivity contribution in [2.75, 3.05) is 6.54 Å². The number of nitrogens with zero attached hydrogens (tertiary/aromatic N) is 1. The number of unbranched alkanes of at least 4 members (excludes halogenated alkanes) is 1. The van der Waals surface area contributed by atoms with Gasteiger partial charge in [-0.25, -0.2) is 0 Å². The minimum absolute atomic E-state index is 0.0241. The fourth-order valence-electron chi connectivity index (χ4n) is 2.93. The van der Waals surface area contributed by atoms with Gasteiger partial charge >= 0.3 is 0 Å². The second-order valence-corrected chi connectivity index (χ2v) is 6.77. The van der Waals surface area contributed by atoms with E-state index in [0.717, 1.165) is 17.7 Å². The highest BCUT2D eigenvalue weighted by Gasteiger charge is 2.36. The summed E-state index contributed by atoms with van der Waals surface area (Å²) in [5.74, 6) is -2.71. The molecule has 6 heteroatoms. The van der Waals surface area contributed by atoms with Crippen LogP contribution in [0, 0.1) is 0 Å². The van der Waals surface area contributed by atoms with E-state index in [1.807, 2.05) is 13.0 Å². The molecule has 0 aliphatic rings. The molecule has 0 fully saturated rings. The number of carbonyl (C=O) groups excluding carboxylic acids is 4. The van der Waals surface area contributed by atoms with E-state index in [9.17, 15) is 19.2 Å². The van der Waals surface area contributed by atoms with Crippen molar-refractivity contribution < 1.29 is 19.2 Å². The lowest BCUT2D eigenvalue weighted by molar-refractivity contribution is -0.143. The van der Waals surface area contributed by atoms with Gasteiger partial charge in [0.1, 0.15) is 0 Å². The van der Waals surface area contributed by atoms with Crippen LogP contribution in [0.2, 0.25) is 0 Å². The molecule has 6 nitrogen and oxygen atoms in total. The van der Waals surface area contributed by atoms with E-state index >= 15 is 0 Å². The van der Waals surface area contributed by atoms with Crippen LogP contribution in [0.3, 0.4) is 0 Å². The van der Waals surface area contributed by atoms with Crippen molar-refractivity contribution in [1.29, 1.82) is 0 Å². The Balaban J connectivity index is 2.36. The zero-order valence-electron chi connectivity index (χ0n) is 16.8. The number of carbonyl (C=O) groups is 4. The Morgan fingerprint density at radius 1 is 0.931 bits per heavy atom. The Hall–Kier alpha value is -3.28. The summed E-state index contributed by atoms with van der Waals surface area (Å²) in [7, 11) is 0. The molecule has 0 saturated carbocycles. The number of ketones is 2. The SMILES string of the molecule is CCCCNC(=O)C(C(C)=O)N(Cc1ccccc1)C(=O)C(=O)c1ccccc1. The van der Waals surface area contributed by atoms with Crippen molar-refractivity contribution >= 4 is 23.4 Å². The van der Waals surface area contributed by atoms with Crippen molar-refractivity contribution in [2.45, 2.75) is 39.3 Å². The van der Waals surface area contributed by atoms with Crippen molar-refractivity contribution in [3.8, 4) is 0 Å². The Bertz CT molecular complexity index is 850. The zero-order chi connectivity index (χ0) is 21.2. The minimum atomic E-state index is -1.37. The molecular weight excluding hydrogens is 368 g/mol. The molecule has 152 valence electrons. The fourth-order valence-corrected chi connectivity index (χ4v) is 2.93. The highest BCUT2D eigenvalue weighted by atomic mass is 16.2. The van der Waals surface area contributed by atoms with Crippen LogP contribution < -0.4 is 5.32 Å². The first-order valence-corrected chi connectivity index (χ1v) is 9.68. The molecule has 2 aromatic rings. The van der Waals surface area contributed by atoms with Crippen molar-refractivity contribution in [3.05, 3.63) is 71.8 Å². The molecule has 2 aromatic carbocycles. The second kappa shape index (κ2) is 10.9. The van der Waals surface area contributed by atoms with E-state index in [2.05, 4.69) is 5.32 Å². The van der Waals surface area contributed by atoms with Crippen LogP contribution in [0.25, 0.3) is 0 Å². The lowest BCUT2D eigenvalue weighted by Crippen LogP contribution is -2.54. The Morgan fingerprint density at radius 2 is 1.52 bits per heavy atom. The second-order valence-electron chi connectivity index (χ2n) is 6.77. The quantitative estimate of drug-likeness (QED) is 0.291. The summed E-state index contributed by atoms with van der Waals surface area (Å²) in [5, 5.41) is 2.70. The zero-order valence-corrected chi connectivity index (χ0v) is 16.8. The molecule has 2 rings (SSSR count). The first-order chi connectivity index (χ1) is 14.0. The van der Waals surface area contributed by atoms with Gasteiger partial charge in [-0.3, -0.25) is 19.2 Å². The predicted octanol–water partition coefficient (Wildman–Crippen LogP) is 2.77. The third-order valence-corrected chi connectivity index (χ3v) is 4.46. The molecule has 0 spiro atoms. The third-order valence-electron chi connectivity index (χ3n) is 4.46. The summed E-state index contributed by atoms with van der Waals surface area (Å²) < 4.78 is 0. The van der Waals surface area contributed by atoms with Gasteiger partial charge < -0.3 is 10.2 Å². The van der Waals surface area contributed by atoms with Gasteiger partial charge in [0.15, 0.2) is 11.8 Å². The number of amides is 2. The van der Waals surface area contributed by atoms with Gasteiger partial charge in [-0.1, -0.05) is 74.0 Å². The van der Waals surface area contributed by atoms with Crippen LogP contribution in [0.1, 0.15) is 42.6 Å². The van der Waals surface area contributed by atoms with Gasteiger partial charge in [0.2, 0.25) is 5.78 Å². The van der Waals surface area contributed by atoms with Crippen molar-refractivity contribution in [3.63, 3.8) is 0 Å². The molecular formula is C23H26N2O4. The molecule has 0 heterocycles. The first kappa shape index (κ1) is 22.0. The smallest absolute Gasteiger partial charge is 0.296 e. The number of rotatable bonds is 10. The molecule has 0 bridgehead atoms. The van der Waals surface area contributed by atoms with Crippen LogP contribution in [0.5, 0.6) is 0 Å². The van der Waals surface area contributed by atoms with Crippen LogP contribution in [-0.4, -0.2) is 40.9 Å². The maximum absolute atomic E-state index is 13.1. The Labute approximate surface area is 170 Å². The van der Waals surface area contributed by atoms with Crippen molar-refractivity contribution in [1.82, 2.24) is 10.2 Å². The van der Waals surface area contributed by atoms with E-state index in [4.69, 9.17) is 0 Å². The molecule has 0 radical (unpaired) electrons. The van der Waals surface area contributed by atoms with Gasteiger partial charge in [0.05, 0.1) is 0 Å². The van der Waals surface area contributed by atoms with Crippen LogP contribution in [0.15, 0.2) is 60.7 Å². The van der Waals surface area contributed by atoms with Crippen molar-refractivity contribution in [2.24, 2.45) is 0 Å². The predicted molar refractivity (Wildman–Crippen MR) is 110 cm³/mol. The Morgan fingerprint density at radius 3 is 2.07 bits per heavy atom. The molecule has 1 N–H and O–H groups in total. The minimum Gasteiger partial charge on any atom is -0.354 e. The van der Waals surface area contributed by atoms with Crippen LogP contribution >= 0.6 is 0 Å². The van der Waals surface area contributed by atoms with E-state index in [1.54, 1.807) is 42.5 Å². The van der Waals surface area contributed by atoms with Gasteiger partial charge in [-0.2, -0.15) is 0 Å². The summed E-state index contributed by atoms with van der Waals surface area (Å²) >= 11 is 0. The molecule has 2 amide bonds. The third kappa shape index (κ3) is 6.10. The van der Waals surface area contributed by atoms with E-state index in [0.29, 0.717) is 12.1 Å². The summed E-state index contributed by atoms with van der Waals surface area (Å²) in [4.78, 5) is 52.0. The number of Topliss-reactive ketones (excluding diaryl/α,β-unsaturated/α-hetero) is 2.